The van der Waals surface area contributed by atoms with E-state index in [9.17, 15) is 13.2 Å². The Bertz CT molecular complexity index is 603. The van der Waals surface area contributed by atoms with Gasteiger partial charge in [0, 0.05) is 39.3 Å². The van der Waals surface area contributed by atoms with Crippen molar-refractivity contribution in [3.63, 3.8) is 0 Å². The third kappa shape index (κ3) is 2.78. The average molecular weight is 356 g/mol. The second kappa shape index (κ2) is 5.95. The first kappa shape index (κ1) is 16.8. The fraction of sp³-hybridized carbons (Fsp3) is 0.941. The van der Waals surface area contributed by atoms with Crippen molar-refractivity contribution in [3.8, 4) is 0 Å². The molecule has 6 nitrogen and oxygen atoms in total. The van der Waals surface area contributed by atoms with Gasteiger partial charge in [-0.2, -0.15) is 0 Å². The molecule has 2 aliphatic carbocycles. The van der Waals surface area contributed by atoms with Crippen molar-refractivity contribution in [1.82, 2.24) is 14.1 Å². The number of carbonyl (C=O) groups excluding carboxylic acids is 1. The van der Waals surface area contributed by atoms with Gasteiger partial charge in [0.25, 0.3) is 0 Å². The summed E-state index contributed by atoms with van der Waals surface area (Å²) in [5.41, 5.74) is -0.0948. The van der Waals surface area contributed by atoms with E-state index in [1.165, 1.54) is 0 Å². The molecule has 2 heterocycles. The van der Waals surface area contributed by atoms with Crippen LogP contribution in [0.3, 0.4) is 0 Å². The Kier molecular flexibility index (Phi) is 4.16. The largest absolute Gasteiger partial charge is 0.340 e. The van der Waals surface area contributed by atoms with Gasteiger partial charge in [-0.1, -0.05) is 12.8 Å². The monoisotopic (exact) mass is 355 g/mol. The molecule has 1 unspecified atom stereocenters. The van der Waals surface area contributed by atoms with Crippen LogP contribution in [-0.4, -0.2) is 80.0 Å². The van der Waals surface area contributed by atoms with Gasteiger partial charge in [0.15, 0.2) is 0 Å². The normalized spacial score (nSPS) is 31.9. The number of hydrogen-bond donors (Lipinski definition) is 0. The zero-order chi connectivity index (χ0) is 16.9. The predicted octanol–water partition coefficient (Wildman–Crippen LogP) is 0.745. The molecule has 4 aliphatic rings. The summed E-state index contributed by atoms with van der Waals surface area (Å²) in [6.07, 6.45) is 5.86. The van der Waals surface area contributed by atoms with Crippen LogP contribution in [0.5, 0.6) is 0 Å². The van der Waals surface area contributed by atoms with Crippen molar-refractivity contribution >= 4 is 15.9 Å². The molecule has 24 heavy (non-hydrogen) atoms. The van der Waals surface area contributed by atoms with Crippen LogP contribution >= 0.6 is 0 Å². The lowest BCUT2D eigenvalue weighted by atomic mass is 9.76. The van der Waals surface area contributed by atoms with E-state index in [0.717, 1.165) is 64.7 Å². The van der Waals surface area contributed by atoms with Gasteiger partial charge in [0.05, 0.1) is 11.2 Å². The second-order valence-corrected chi connectivity index (χ2v) is 10.5. The molecule has 7 heteroatoms. The Labute approximate surface area is 145 Å². The second-order valence-electron chi connectivity index (χ2n) is 8.29. The van der Waals surface area contributed by atoms with Crippen LogP contribution < -0.4 is 0 Å². The van der Waals surface area contributed by atoms with E-state index >= 15 is 0 Å². The third-order valence-corrected chi connectivity index (χ3v) is 8.95. The van der Waals surface area contributed by atoms with E-state index in [1.807, 2.05) is 4.90 Å². The molecule has 0 N–H and O–H groups in total. The van der Waals surface area contributed by atoms with Crippen molar-refractivity contribution in [2.75, 3.05) is 46.3 Å². The molecule has 136 valence electrons. The summed E-state index contributed by atoms with van der Waals surface area (Å²) >= 11 is 0. The maximum atomic E-state index is 13.2. The first-order chi connectivity index (χ1) is 11.4. The van der Waals surface area contributed by atoms with Crippen LogP contribution in [0, 0.1) is 11.3 Å². The van der Waals surface area contributed by atoms with E-state index in [2.05, 4.69) is 11.9 Å². The minimum absolute atomic E-state index is 0.0948. The standard InChI is InChI=1S/C17H29N3O3S/c1-18-8-10-19(11-9-18)16(21)15-12-20(24(22,23)14-4-5-14)13-17(15)6-2-3-7-17/h14-15H,2-13H2,1H3. The molecule has 0 radical (unpaired) electrons. The molecule has 2 saturated carbocycles. The molecule has 1 atom stereocenters. The van der Waals surface area contributed by atoms with E-state index in [1.54, 1.807) is 4.31 Å². The Morgan fingerprint density at radius 3 is 2.25 bits per heavy atom. The molecule has 0 aromatic rings. The SMILES string of the molecule is CN1CCN(C(=O)C2CN(S(=O)(=O)C3CC3)CC23CCCC3)CC1. The summed E-state index contributed by atoms with van der Waals surface area (Å²) in [5.74, 6) is 0.0791. The lowest BCUT2D eigenvalue weighted by Crippen LogP contribution is -2.51. The maximum Gasteiger partial charge on any atom is 0.227 e. The van der Waals surface area contributed by atoms with E-state index in [-0.39, 0.29) is 22.5 Å². The lowest BCUT2D eigenvalue weighted by Gasteiger charge is -2.37. The number of carbonyl (C=O) groups is 1. The molecule has 1 amide bonds. The van der Waals surface area contributed by atoms with Gasteiger partial charge in [-0.05, 0) is 38.1 Å². The summed E-state index contributed by atoms with van der Waals surface area (Å²) in [4.78, 5) is 17.4. The minimum atomic E-state index is -3.18. The number of nitrogens with zero attached hydrogens (tertiary/aromatic N) is 3. The highest BCUT2D eigenvalue weighted by Crippen LogP contribution is 2.51. The molecule has 1 spiro atoms. The summed E-state index contributed by atoms with van der Waals surface area (Å²) in [5, 5.41) is -0.173. The Morgan fingerprint density at radius 2 is 1.67 bits per heavy atom. The molecule has 4 fully saturated rings. The fourth-order valence-corrected chi connectivity index (χ4v) is 6.81. The van der Waals surface area contributed by atoms with E-state index in [4.69, 9.17) is 0 Å². The van der Waals surface area contributed by atoms with E-state index in [0.29, 0.717) is 13.1 Å². The Balaban J connectivity index is 1.55. The van der Waals surface area contributed by atoms with Gasteiger partial charge in [0.1, 0.15) is 0 Å². The summed E-state index contributed by atoms with van der Waals surface area (Å²) in [7, 11) is -1.10. The van der Waals surface area contributed by atoms with Crippen molar-refractivity contribution in [1.29, 1.82) is 0 Å². The van der Waals surface area contributed by atoms with Crippen LogP contribution in [0.2, 0.25) is 0 Å². The predicted molar refractivity (Wildman–Crippen MR) is 92.0 cm³/mol. The Morgan fingerprint density at radius 1 is 1.04 bits per heavy atom. The molecule has 0 bridgehead atoms. The maximum absolute atomic E-state index is 13.2. The van der Waals surface area contributed by atoms with E-state index < -0.39 is 10.0 Å². The quantitative estimate of drug-likeness (QED) is 0.749. The molecule has 0 aromatic heterocycles. The van der Waals surface area contributed by atoms with Crippen LogP contribution in [0.25, 0.3) is 0 Å². The first-order valence-electron chi connectivity index (χ1n) is 9.39. The Hall–Kier alpha value is -0.660. The van der Waals surface area contributed by atoms with Gasteiger partial charge in [-0.3, -0.25) is 4.79 Å². The highest BCUT2D eigenvalue weighted by atomic mass is 32.2. The number of likely N-dealkylation sites (N-methyl/N-ethyl adjacent to an activating group) is 1. The zero-order valence-corrected chi connectivity index (χ0v) is 15.4. The molecule has 2 aliphatic heterocycles. The van der Waals surface area contributed by atoms with Crippen LogP contribution in [-0.2, 0) is 14.8 Å². The molecular formula is C17H29N3O3S. The van der Waals surface area contributed by atoms with Gasteiger partial charge in [-0.25, -0.2) is 12.7 Å². The first-order valence-corrected chi connectivity index (χ1v) is 10.9. The van der Waals surface area contributed by atoms with Gasteiger partial charge >= 0.3 is 0 Å². The number of rotatable bonds is 3. The van der Waals surface area contributed by atoms with Crippen molar-refractivity contribution < 1.29 is 13.2 Å². The molecule has 2 saturated heterocycles. The summed E-state index contributed by atoms with van der Waals surface area (Å²) < 4.78 is 27.1. The minimum Gasteiger partial charge on any atom is -0.340 e. The summed E-state index contributed by atoms with van der Waals surface area (Å²) in [6, 6.07) is 0. The fourth-order valence-electron chi connectivity index (χ4n) is 4.87. The lowest BCUT2D eigenvalue weighted by molar-refractivity contribution is -0.139. The molecule has 4 rings (SSSR count). The number of sulfonamides is 1. The van der Waals surface area contributed by atoms with Gasteiger partial charge in [-0.15, -0.1) is 0 Å². The average Bonchev–Trinajstić information content (AvgIpc) is 3.23. The molecular weight excluding hydrogens is 326 g/mol. The van der Waals surface area contributed by atoms with Crippen LogP contribution in [0.15, 0.2) is 0 Å². The van der Waals surface area contributed by atoms with Crippen LogP contribution in [0.4, 0.5) is 0 Å². The highest BCUT2D eigenvalue weighted by Gasteiger charge is 2.56. The van der Waals surface area contributed by atoms with Gasteiger partial charge < -0.3 is 9.80 Å². The molecule has 0 aromatic carbocycles. The third-order valence-electron chi connectivity index (χ3n) is 6.63. The van der Waals surface area contributed by atoms with Gasteiger partial charge in [0.2, 0.25) is 15.9 Å². The van der Waals surface area contributed by atoms with Crippen molar-refractivity contribution in [2.24, 2.45) is 11.3 Å². The zero-order valence-electron chi connectivity index (χ0n) is 14.6. The van der Waals surface area contributed by atoms with Crippen molar-refractivity contribution in [2.45, 2.75) is 43.8 Å². The topological polar surface area (TPSA) is 60.9 Å². The number of piperazine rings is 1. The number of amides is 1. The summed E-state index contributed by atoms with van der Waals surface area (Å²) in [6.45, 7) is 4.37. The smallest absolute Gasteiger partial charge is 0.227 e. The number of hydrogen-bond acceptors (Lipinski definition) is 4. The van der Waals surface area contributed by atoms with Crippen LogP contribution in [0.1, 0.15) is 38.5 Å². The highest BCUT2D eigenvalue weighted by molar-refractivity contribution is 7.90. The van der Waals surface area contributed by atoms with Crippen molar-refractivity contribution in [3.05, 3.63) is 0 Å².